The zero-order valence-electron chi connectivity index (χ0n) is 16.1. The number of carboxylic acids is 1. The van der Waals surface area contributed by atoms with Gasteiger partial charge in [0.2, 0.25) is 5.91 Å². The van der Waals surface area contributed by atoms with E-state index in [-0.39, 0.29) is 5.91 Å². The van der Waals surface area contributed by atoms with E-state index < -0.39 is 17.8 Å². The van der Waals surface area contributed by atoms with Gasteiger partial charge in [0.1, 0.15) is 11.1 Å². The molecule has 27 heavy (non-hydrogen) atoms. The number of carbonyl (C=O) groups excluding carboxylic acids is 1. The molecule has 0 saturated heterocycles. The molecular formula is C21H26N2O3S. The first kappa shape index (κ1) is 19.6. The number of thiophene rings is 1. The number of hydrogen-bond donors (Lipinski definition) is 2. The van der Waals surface area contributed by atoms with E-state index >= 15 is 0 Å². The Kier molecular flexibility index (Phi) is 5.71. The van der Waals surface area contributed by atoms with Crippen LogP contribution in [0.25, 0.3) is 0 Å². The largest absolute Gasteiger partial charge is 0.481 e. The number of carboxylic acid groups (broad SMARTS) is 1. The summed E-state index contributed by atoms with van der Waals surface area (Å²) in [5.74, 6) is -1.88. The molecule has 2 N–H and O–H groups in total. The normalized spacial score (nSPS) is 24.9. The Balaban J connectivity index is 1.85. The Morgan fingerprint density at radius 1 is 1.22 bits per heavy atom. The van der Waals surface area contributed by atoms with Crippen molar-refractivity contribution >= 4 is 28.2 Å². The number of allylic oxidation sites excluding steroid dienone is 2. The minimum absolute atomic E-state index is 0.281. The van der Waals surface area contributed by atoms with Gasteiger partial charge in [-0.3, -0.25) is 9.59 Å². The molecule has 0 bridgehead atoms. The van der Waals surface area contributed by atoms with Gasteiger partial charge in [-0.25, -0.2) is 0 Å². The van der Waals surface area contributed by atoms with Gasteiger partial charge in [0.15, 0.2) is 0 Å². The number of nitrogens with one attached hydrogen (secondary N) is 1. The van der Waals surface area contributed by atoms with Crippen LogP contribution in [0.15, 0.2) is 11.1 Å². The minimum atomic E-state index is -0.932. The predicted molar refractivity (Wildman–Crippen MR) is 106 cm³/mol. The molecule has 0 aliphatic heterocycles. The SMILES string of the molecule is CCC1CCc2c(sc(NC(=O)C3CC(C)=C(C)CC3C(=O)O)c2C#N)C1. The zero-order valence-corrected chi connectivity index (χ0v) is 16.9. The number of rotatable bonds is 4. The van der Waals surface area contributed by atoms with E-state index in [4.69, 9.17) is 0 Å². The third-order valence-corrected chi connectivity index (χ3v) is 7.38. The fourth-order valence-electron chi connectivity index (χ4n) is 4.24. The highest BCUT2D eigenvalue weighted by atomic mass is 32.1. The number of fused-ring (bicyclic) bond motifs is 1. The van der Waals surface area contributed by atoms with Gasteiger partial charge in [-0.1, -0.05) is 24.5 Å². The molecule has 2 aliphatic carbocycles. The van der Waals surface area contributed by atoms with E-state index in [1.54, 1.807) is 0 Å². The summed E-state index contributed by atoms with van der Waals surface area (Å²) in [6, 6.07) is 2.26. The van der Waals surface area contributed by atoms with Gasteiger partial charge in [-0.05, 0) is 57.4 Å². The second kappa shape index (κ2) is 7.85. The number of anilines is 1. The van der Waals surface area contributed by atoms with Crippen LogP contribution in [0.4, 0.5) is 5.00 Å². The molecule has 1 heterocycles. The summed E-state index contributed by atoms with van der Waals surface area (Å²) in [5.41, 5.74) is 3.79. The van der Waals surface area contributed by atoms with E-state index in [1.165, 1.54) is 16.2 Å². The molecule has 3 atom stereocenters. The van der Waals surface area contributed by atoms with Crippen molar-refractivity contribution in [3.63, 3.8) is 0 Å². The number of hydrogen-bond acceptors (Lipinski definition) is 4. The van der Waals surface area contributed by atoms with E-state index in [1.807, 2.05) is 13.8 Å². The van der Waals surface area contributed by atoms with Gasteiger partial charge < -0.3 is 10.4 Å². The zero-order chi connectivity index (χ0) is 19.7. The number of aliphatic carboxylic acids is 1. The van der Waals surface area contributed by atoms with E-state index in [2.05, 4.69) is 18.3 Å². The van der Waals surface area contributed by atoms with Crippen LogP contribution in [0.3, 0.4) is 0 Å². The van der Waals surface area contributed by atoms with Gasteiger partial charge in [0.05, 0.1) is 17.4 Å². The van der Waals surface area contributed by atoms with E-state index in [9.17, 15) is 20.0 Å². The summed E-state index contributed by atoms with van der Waals surface area (Å²) in [4.78, 5) is 25.8. The van der Waals surface area contributed by atoms with E-state index in [0.29, 0.717) is 29.3 Å². The van der Waals surface area contributed by atoms with Crippen molar-refractivity contribution < 1.29 is 14.7 Å². The summed E-state index contributed by atoms with van der Waals surface area (Å²) < 4.78 is 0. The smallest absolute Gasteiger partial charge is 0.307 e. The van der Waals surface area contributed by atoms with Crippen LogP contribution >= 0.6 is 11.3 Å². The number of carbonyl (C=O) groups is 2. The van der Waals surface area contributed by atoms with Gasteiger partial charge >= 0.3 is 5.97 Å². The summed E-state index contributed by atoms with van der Waals surface area (Å²) >= 11 is 1.50. The molecule has 5 nitrogen and oxygen atoms in total. The Morgan fingerprint density at radius 2 is 1.89 bits per heavy atom. The fourth-order valence-corrected chi connectivity index (χ4v) is 5.56. The highest BCUT2D eigenvalue weighted by molar-refractivity contribution is 7.16. The monoisotopic (exact) mass is 386 g/mol. The van der Waals surface area contributed by atoms with Crippen molar-refractivity contribution in [1.82, 2.24) is 0 Å². The van der Waals surface area contributed by atoms with Crippen LogP contribution in [-0.2, 0) is 22.4 Å². The molecule has 0 spiro atoms. The molecule has 1 aromatic heterocycles. The maximum absolute atomic E-state index is 12.9. The van der Waals surface area contributed by atoms with Crippen LogP contribution in [0, 0.1) is 29.1 Å². The highest BCUT2D eigenvalue weighted by Gasteiger charge is 2.38. The van der Waals surface area contributed by atoms with Crippen LogP contribution in [0.1, 0.15) is 62.5 Å². The van der Waals surface area contributed by atoms with Gasteiger partial charge in [-0.15, -0.1) is 11.3 Å². The third kappa shape index (κ3) is 3.79. The van der Waals surface area contributed by atoms with Crippen molar-refractivity contribution in [2.45, 2.75) is 59.3 Å². The molecule has 6 heteroatoms. The number of amides is 1. The van der Waals surface area contributed by atoms with Gasteiger partial charge in [-0.2, -0.15) is 5.26 Å². The van der Waals surface area contributed by atoms with Crippen molar-refractivity contribution in [3.8, 4) is 6.07 Å². The third-order valence-electron chi connectivity index (χ3n) is 6.21. The Labute approximate surface area is 164 Å². The molecule has 1 amide bonds. The van der Waals surface area contributed by atoms with Crippen LogP contribution in [-0.4, -0.2) is 17.0 Å². The van der Waals surface area contributed by atoms with Crippen molar-refractivity contribution in [1.29, 1.82) is 5.26 Å². The first-order chi connectivity index (χ1) is 12.8. The number of nitriles is 1. The van der Waals surface area contributed by atoms with E-state index in [0.717, 1.165) is 42.4 Å². The fraction of sp³-hybridized carbons (Fsp3) is 0.571. The number of nitrogens with zero attached hydrogens (tertiary/aromatic N) is 1. The standard InChI is InChI=1S/C21H26N2O3S/c1-4-13-5-6-14-17(10-22)20(27-18(14)9-13)23-19(24)15-7-11(2)12(3)8-16(15)21(25)26/h13,15-16H,4-9H2,1-3H3,(H,23,24)(H,25,26). The van der Waals surface area contributed by atoms with Crippen LogP contribution in [0.2, 0.25) is 0 Å². The summed E-state index contributed by atoms with van der Waals surface area (Å²) in [6.07, 6.45) is 4.90. The summed E-state index contributed by atoms with van der Waals surface area (Å²) in [6.45, 7) is 6.08. The van der Waals surface area contributed by atoms with Crippen LogP contribution in [0.5, 0.6) is 0 Å². The molecule has 3 unspecified atom stereocenters. The average molecular weight is 387 g/mol. The minimum Gasteiger partial charge on any atom is -0.481 e. The average Bonchev–Trinajstić information content (AvgIpc) is 2.98. The maximum atomic E-state index is 12.9. The lowest BCUT2D eigenvalue weighted by molar-refractivity contribution is -0.146. The lowest BCUT2D eigenvalue weighted by Crippen LogP contribution is -2.36. The lowest BCUT2D eigenvalue weighted by Gasteiger charge is -2.29. The quantitative estimate of drug-likeness (QED) is 0.744. The summed E-state index contributed by atoms with van der Waals surface area (Å²) in [5, 5.41) is 22.7. The summed E-state index contributed by atoms with van der Waals surface area (Å²) in [7, 11) is 0. The van der Waals surface area contributed by atoms with Crippen LogP contribution < -0.4 is 5.32 Å². The molecular weight excluding hydrogens is 360 g/mol. The molecule has 0 saturated carbocycles. The molecule has 2 aliphatic rings. The molecule has 0 radical (unpaired) electrons. The first-order valence-corrected chi connectivity index (χ1v) is 10.4. The predicted octanol–water partition coefficient (Wildman–Crippen LogP) is 4.52. The molecule has 1 aromatic rings. The Hall–Kier alpha value is -2.13. The molecule has 144 valence electrons. The molecule has 0 aromatic carbocycles. The van der Waals surface area contributed by atoms with Crippen molar-refractivity contribution in [2.75, 3.05) is 5.32 Å². The molecule has 0 fully saturated rings. The van der Waals surface area contributed by atoms with Crippen molar-refractivity contribution in [3.05, 3.63) is 27.2 Å². The Morgan fingerprint density at radius 3 is 2.48 bits per heavy atom. The second-order valence-corrected chi connectivity index (χ2v) is 8.95. The lowest BCUT2D eigenvalue weighted by atomic mass is 9.76. The topological polar surface area (TPSA) is 90.2 Å². The maximum Gasteiger partial charge on any atom is 0.307 e. The van der Waals surface area contributed by atoms with Crippen molar-refractivity contribution in [2.24, 2.45) is 17.8 Å². The highest BCUT2D eigenvalue weighted by Crippen LogP contribution is 2.41. The van der Waals surface area contributed by atoms with Gasteiger partial charge in [0.25, 0.3) is 0 Å². The molecule has 3 rings (SSSR count). The second-order valence-electron chi connectivity index (χ2n) is 7.85. The first-order valence-electron chi connectivity index (χ1n) is 9.59. The van der Waals surface area contributed by atoms with Gasteiger partial charge in [0, 0.05) is 4.88 Å². The Bertz CT molecular complexity index is 846.